The van der Waals surface area contributed by atoms with E-state index in [1.807, 2.05) is 0 Å². The topological polar surface area (TPSA) is 110 Å². The van der Waals surface area contributed by atoms with Crippen LogP contribution >= 0.6 is 11.6 Å². The molecule has 0 spiro atoms. The van der Waals surface area contributed by atoms with Crippen molar-refractivity contribution in [3.05, 3.63) is 63.2 Å². The highest BCUT2D eigenvalue weighted by molar-refractivity contribution is 6.30. The minimum Gasteiger partial charge on any atom is -0.396 e. The summed E-state index contributed by atoms with van der Waals surface area (Å²) < 4.78 is 0. The van der Waals surface area contributed by atoms with Crippen LogP contribution in [-0.4, -0.2) is 29.1 Å². The Kier molecular flexibility index (Phi) is 5.73. The van der Waals surface area contributed by atoms with Crippen LogP contribution in [0.4, 0.5) is 17.1 Å². The third-order valence-electron chi connectivity index (χ3n) is 3.43. The summed E-state index contributed by atoms with van der Waals surface area (Å²) in [6.45, 7) is 0.245. The zero-order valence-electron chi connectivity index (χ0n) is 12.7. The van der Waals surface area contributed by atoms with E-state index in [4.69, 9.17) is 22.4 Å². The van der Waals surface area contributed by atoms with Crippen molar-refractivity contribution in [1.82, 2.24) is 0 Å². The van der Waals surface area contributed by atoms with Crippen molar-refractivity contribution in [1.29, 1.82) is 0 Å². The van der Waals surface area contributed by atoms with Crippen LogP contribution in [0.3, 0.4) is 0 Å². The van der Waals surface area contributed by atoms with Gasteiger partial charge < -0.3 is 15.7 Å². The van der Waals surface area contributed by atoms with Crippen molar-refractivity contribution in [3.63, 3.8) is 0 Å². The highest BCUT2D eigenvalue weighted by Gasteiger charge is 2.27. The molecule has 0 aliphatic rings. The molecule has 0 saturated heterocycles. The average molecular weight is 350 g/mol. The first-order valence-corrected chi connectivity index (χ1v) is 7.54. The number of carbonyl (C=O) groups excluding carboxylic acids is 1. The molecule has 3 N–H and O–H groups in total. The predicted octanol–water partition coefficient (Wildman–Crippen LogP) is 2.87. The highest BCUT2D eigenvalue weighted by Crippen LogP contribution is 2.36. The molecule has 0 heterocycles. The number of carbonyl (C=O) groups is 1. The minimum atomic E-state index is -0.873. The van der Waals surface area contributed by atoms with E-state index in [0.29, 0.717) is 23.7 Å². The molecule has 0 atom stereocenters. The summed E-state index contributed by atoms with van der Waals surface area (Å²) in [7, 11) is 0. The number of benzene rings is 2. The number of aliphatic hydroxyl groups excluding tert-OH is 1. The zero-order valence-corrected chi connectivity index (χ0v) is 13.4. The monoisotopic (exact) mass is 349 g/mol. The number of anilines is 2. The van der Waals surface area contributed by atoms with E-state index < -0.39 is 10.8 Å². The van der Waals surface area contributed by atoms with Gasteiger partial charge in [0.1, 0.15) is 11.3 Å². The number of para-hydroxylation sites is 1. The van der Waals surface area contributed by atoms with Crippen LogP contribution in [-0.2, 0) is 0 Å². The number of aliphatic hydroxyl groups is 1. The van der Waals surface area contributed by atoms with Crippen molar-refractivity contribution in [2.45, 2.75) is 6.42 Å². The number of hydrogen-bond donors (Lipinski definition) is 2. The van der Waals surface area contributed by atoms with Gasteiger partial charge in [0.05, 0.1) is 4.92 Å². The maximum atomic E-state index is 11.5. The molecular formula is C16H16ClN3O4. The van der Waals surface area contributed by atoms with E-state index in [0.717, 1.165) is 0 Å². The molecule has 7 nitrogen and oxygen atoms in total. The van der Waals surface area contributed by atoms with E-state index >= 15 is 0 Å². The smallest absolute Gasteiger partial charge is 0.305 e. The number of halogens is 1. The fraction of sp³-hybridized carbons (Fsp3) is 0.188. The predicted molar refractivity (Wildman–Crippen MR) is 91.8 cm³/mol. The Hall–Kier alpha value is -2.64. The lowest BCUT2D eigenvalue weighted by atomic mass is 10.1. The van der Waals surface area contributed by atoms with Crippen molar-refractivity contribution in [3.8, 4) is 0 Å². The van der Waals surface area contributed by atoms with Gasteiger partial charge in [0, 0.05) is 23.9 Å². The number of nitro benzene ring substituents is 1. The van der Waals surface area contributed by atoms with Gasteiger partial charge in [-0.1, -0.05) is 17.7 Å². The van der Waals surface area contributed by atoms with E-state index in [2.05, 4.69) is 0 Å². The Bertz CT molecular complexity index is 749. The second-order valence-corrected chi connectivity index (χ2v) is 5.44. The zero-order chi connectivity index (χ0) is 17.7. The first kappa shape index (κ1) is 17.7. The number of amides is 1. The van der Waals surface area contributed by atoms with E-state index in [1.54, 1.807) is 29.2 Å². The van der Waals surface area contributed by atoms with Crippen LogP contribution in [0.15, 0.2) is 42.5 Å². The quantitative estimate of drug-likeness (QED) is 0.590. The lowest BCUT2D eigenvalue weighted by Crippen LogP contribution is -2.22. The van der Waals surface area contributed by atoms with Gasteiger partial charge in [0.25, 0.3) is 5.91 Å². The minimum absolute atomic E-state index is 0.0760. The van der Waals surface area contributed by atoms with E-state index in [1.165, 1.54) is 18.2 Å². The maximum absolute atomic E-state index is 11.5. The van der Waals surface area contributed by atoms with Crippen molar-refractivity contribution >= 4 is 34.6 Å². The van der Waals surface area contributed by atoms with Gasteiger partial charge in [0.15, 0.2) is 0 Å². The molecule has 0 unspecified atom stereocenters. The molecule has 2 rings (SSSR count). The summed E-state index contributed by atoms with van der Waals surface area (Å²) in [5.41, 5.74) is 5.61. The molecule has 0 bridgehead atoms. The van der Waals surface area contributed by atoms with Crippen LogP contribution in [0, 0.1) is 10.1 Å². The second-order valence-electron chi connectivity index (χ2n) is 5.00. The summed E-state index contributed by atoms with van der Waals surface area (Å²) in [5, 5.41) is 21.2. The normalized spacial score (nSPS) is 10.4. The third-order valence-corrected chi connectivity index (χ3v) is 3.68. The first-order chi connectivity index (χ1) is 11.5. The van der Waals surface area contributed by atoms with Gasteiger partial charge in [-0.3, -0.25) is 14.9 Å². The molecule has 0 aliphatic carbocycles. The molecule has 8 heteroatoms. The van der Waals surface area contributed by atoms with Gasteiger partial charge in [-0.05, 0) is 42.8 Å². The van der Waals surface area contributed by atoms with Crippen LogP contribution in [0.2, 0.25) is 5.02 Å². The SMILES string of the molecule is NC(=O)c1cccc(N(CCCO)c2ccc(Cl)cc2)c1[N+](=O)[O-]. The molecule has 0 aliphatic heterocycles. The number of nitrogens with two attached hydrogens (primary N) is 1. The fourth-order valence-electron chi connectivity index (χ4n) is 2.38. The summed E-state index contributed by atoms with van der Waals surface area (Å²) in [5.74, 6) is -0.873. The van der Waals surface area contributed by atoms with Crippen LogP contribution in [0.5, 0.6) is 0 Å². The van der Waals surface area contributed by atoms with E-state index in [9.17, 15) is 14.9 Å². The maximum Gasteiger partial charge on any atom is 0.305 e. The Morgan fingerprint density at radius 3 is 2.46 bits per heavy atom. The lowest BCUT2D eigenvalue weighted by Gasteiger charge is -2.25. The average Bonchev–Trinajstić information content (AvgIpc) is 2.56. The molecule has 126 valence electrons. The van der Waals surface area contributed by atoms with Gasteiger partial charge >= 0.3 is 5.69 Å². The van der Waals surface area contributed by atoms with Crippen molar-refractivity contribution in [2.24, 2.45) is 5.73 Å². The second kappa shape index (κ2) is 7.76. The summed E-state index contributed by atoms with van der Waals surface area (Å²) in [6.07, 6.45) is 0.389. The molecule has 2 aromatic carbocycles. The summed E-state index contributed by atoms with van der Waals surface area (Å²) in [6, 6.07) is 11.1. The first-order valence-electron chi connectivity index (χ1n) is 7.17. The van der Waals surface area contributed by atoms with Crippen molar-refractivity contribution < 1.29 is 14.8 Å². The largest absolute Gasteiger partial charge is 0.396 e. The van der Waals surface area contributed by atoms with Gasteiger partial charge in [-0.2, -0.15) is 0 Å². The molecule has 0 aromatic heterocycles. The Morgan fingerprint density at radius 2 is 1.92 bits per heavy atom. The molecule has 0 radical (unpaired) electrons. The fourth-order valence-corrected chi connectivity index (χ4v) is 2.50. The number of primary amides is 1. The van der Waals surface area contributed by atoms with Crippen LogP contribution in [0.1, 0.15) is 16.8 Å². The van der Waals surface area contributed by atoms with Gasteiger partial charge in [-0.25, -0.2) is 0 Å². The number of rotatable bonds is 7. The highest BCUT2D eigenvalue weighted by atomic mass is 35.5. The molecule has 0 fully saturated rings. The molecular weight excluding hydrogens is 334 g/mol. The standard InChI is InChI=1S/C16H16ClN3O4/c17-11-5-7-12(8-6-11)19(9-2-10-21)14-4-1-3-13(16(18)22)15(14)20(23)24/h1,3-8,21H,2,9-10H2,(H2,18,22). The van der Waals surface area contributed by atoms with E-state index in [-0.39, 0.29) is 23.5 Å². The molecule has 0 saturated carbocycles. The number of hydrogen-bond acceptors (Lipinski definition) is 5. The van der Waals surface area contributed by atoms with Crippen molar-refractivity contribution in [2.75, 3.05) is 18.1 Å². The number of nitro groups is 1. The third kappa shape index (κ3) is 3.81. The van der Waals surface area contributed by atoms with Crippen LogP contribution in [0.25, 0.3) is 0 Å². The summed E-state index contributed by atoms with van der Waals surface area (Å²) in [4.78, 5) is 24.1. The molecule has 1 amide bonds. The molecule has 24 heavy (non-hydrogen) atoms. The lowest BCUT2D eigenvalue weighted by molar-refractivity contribution is -0.384. The number of nitrogens with zero attached hydrogens (tertiary/aromatic N) is 2. The Labute approximate surface area is 143 Å². The van der Waals surface area contributed by atoms with Gasteiger partial charge in [0.2, 0.25) is 0 Å². The van der Waals surface area contributed by atoms with Crippen LogP contribution < -0.4 is 10.6 Å². The molecule has 2 aromatic rings. The Balaban J connectivity index is 2.61. The summed E-state index contributed by atoms with van der Waals surface area (Å²) >= 11 is 5.89. The van der Waals surface area contributed by atoms with Gasteiger partial charge in [-0.15, -0.1) is 0 Å². The Morgan fingerprint density at radius 1 is 1.25 bits per heavy atom.